The first-order valence-corrected chi connectivity index (χ1v) is 10.3. The van der Waals surface area contributed by atoms with Gasteiger partial charge in [0.15, 0.2) is 5.13 Å². The van der Waals surface area contributed by atoms with E-state index in [4.69, 9.17) is 4.98 Å². The third-order valence-corrected chi connectivity index (χ3v) is 5.80. The smallest absolute Gasteiger partial charge is 0.233 e. The van der Waals surface area contributed by atoms with Gasteiger partial charge in [0.05, 0.1) is 23.2 Å². The Morgan fingerprint density at radius 3 is 2.25 bits per heavy atom. The van der Waals surface area contributed by atoms with E-state index in [0.717, 1.165) is 32.9 Å². The molecule has 3 aromatic carbocycles. The zero-order valence-corrected chi connectivity index (χ0v) is 16.7. The molecule has 1 amide bonds. The number of aryl methyl sites for hydroxylation is 1. The zero-order chi connectivity index (χ0) is 19.3. The summed E-state index contributed by atoms with van der Waals surface area (Å²) < 4.78 is 1.12. The van der Waals surface area contributed by atoms with E-state index in [1.165, 1.54) is 5.56 Å². The maximum Gasteiger partial charge on any atom is 0.233 e. The molecule has 1 aromatic heterocycles. The van der Waals surface area contributed by atoms with Gasteiger partial charge in [-0.25, -0.2) is 4.98 Å². The molecule has 0 saturated heterocycles. The average molecular weight is 387 g/mol. The van der Waals surface area contributed by atoms with Crippen LogP contribution >= 0.6 is 11.3 Å². The van der Waals surface area contributed by atoms with Gasteiger partial charge in [-0.05, 0) is 35.2 Å². The van der Waals surface area contributed by atoms with E-state index in [9.17, 15) is 4.79 Å². The van der Waals surface area contributed by atoms with Crippen molar-refractivity contribution >= 4 is 32.6 Å². The maximum absolute atomic E-state index is 13.2. The van der Waals surface area contributed by atoms with E-state index in [0.29, 0.717) is 13.0 Å². The van der Waals surface area contributed by atoms with Crippen molar-refractivity contribution in [2.75, 3.05) is 4.90 Å². The summed E-state index contributed by atoms with van der Waals surface area (Å²) in [6, 6.07) is 26.3. The summed E-state index contributed by atoms with van der Waals surface area (Å²) in [5, 5.41) is 0.757. The number of nitrogens with zero attached hydrogens (tertiary/aromatic N) is 2. The second kappa shape index (κ2) is 8.36. The summed E-state index contributed by atoms with van der Waals surface area (Å²) in [7, 11) is 0. The van der Waals surface area contributed by atoms with Gasteiger partial charge < -0.3 is 0 Å². The van der Waals surface area contributed by atoms with Crippen molar-refractivity contribution in [3.63, 3.8) is 0 Å². The van der Waals surface area contributed by atoms with Crippen LogP contribution in [0.15, 0.2) is 78.9 Å². The lowest BCUT2D eigenvalue weighted by Crippen LogP contribution is -2.31. The van der Waals surface area contributed by atoms with E-state index in [2.05, 4.69) is 25.1 Å². The molecule has 28 heavy (non-hydrogen) atoms. The normalized spacial score (nSPS) is 10.9. The average Bonchev–Trinajstić information content (AvgIpc) is 3.16. The molecule has 0 saturated carbocycles. The van der Waals surface area contributed by atoms with Crippen LogP contribution in [0.4, 0.5) is 5.13 Å². The molecule has 0 aliphatic carbocycles. The number of fused-ring (bicyclic) bond motifs is 1. The fourth-order valence-corrected chi connectivity index (χ4v) is 4.23. The van der Waals surface area contributed by atoms with Gasteiger partial charge >= 0.3 is 0 Å². The Morgan fingerprint density at radius 1 is 0.893 bits per heavy atom. The van der Waals surface area contributed by atoms with Crippen LogP contribution in [-0.4, -0.2) is 10.9 Å². The van der Waals surface area contributed by atoms with Gasteiger partial charge in [0.1, 0.15) is 0 Å². The predicted octanol–water partition coefficient (Wildman–Crippen LogP) is 5.63. The Labute approximate surface area is 169 Å². The molecule has 1 heterocycles. The number of carbonyl (C=O) groups is 1. The maximum atomic E-state index is 13.2. The molecule has 0 aliphatic rings. The highest BCUT2D eigenvalue weighted by molar-refractivity contribution is 7.22. The molecule has 140 valence electrons. The minimum Gasteiger partial charge on any atom is -0.283 e. The molecule has 0 atom stereocenters. The number of thiazole rings is 1. The molecule has 0 radical (unpaired) electrons. The quantitative estimate of drug-likeness (QED) is 0.430. The third kappa shape index (κ3) is 4.12. The summed E-state index contributed by atoms with van der Waals surface area (Å²) in [5.74, 6) is 0.0600. The summed E-state index contributed by atoms with van der Waals surface area (Å²) in [5.41, 5.74) is 4.34. The minimum absolute atomic E-state index is 0.0600. The molecule has 4 aromatic rings. The Bertz CT molecular complexity index is 1070. The zero-order valence-electron chi connectivity index (χ0n) is 15.8. The van der Waals surface area contributed by atoms with Gasteiger partial charge in [-0.15, -0.1) is 0 Å². The van der Waals surface area contributed by atoms with Gasteiger partial charge in [-0.2, -0.15) is 0 Å². The van der Waals surface area contributed by atoms with Gasteiger partial charge in [-0.3, -0.25) is 9.69 Å². The third-order valence-electron chi connectivity index (χ3n) is 4.76. The Morgan fingerprint density at radius 2 is 1.57 bits per heavy atom. The number of hydrogen-bond acceptors (Lipinski definition) is 3. The fraction of sp³-hybridized carbons (Fsp3) is 0.167. The Balaban J connectivity index is 1.68. The number of carbonyl (C=O) groups excluding carboxylic acids is 1. The lowest BCUT2D eigenvalue weighted by atomic mass is 10.1. The van der Waals surface area contributed by atoms with E-state index >= 15 is 0 Å². The first kappa shape index (κ1) is 18.4. The standard InChI is InChI=1S/C24H22N2OS/c1-2-18-13-14-21-22(15-18)28-24(25-21)26(17-20-11-7-4-8-12-20)23(27)16-19-9-5-3-6-10-19/h3-15H,2,16-17H2,1H3. The summed E-state index contributed by atoms with van der Waals surface area (Å²) in [6.07, 6.45) is 1.35. The largest absolute Gasteiger partial charge is 0.283 e. The molecule has 0 spiro atoms. The van der Waals surface area contributed by atoms with Crippen LogP contribution in [0.5, 0.6) is 0 Å². The molecular weight excluding hydrogens is 364 g/mol. The molecule has 0 aliphatic heterocycles. The fourth-order valence-electron chi connectivity index (χ4n) is 3.19. The highest BCUT2D eigenvalue weighted by Crippen LogP contribution is 2.31. The van der Waals surface area contributed by atoms with Crippen molar-refractivity contribution in [1.82, 2.24) is 4.98 Å². The van der Waals surface area contributed by atoms with Gasteiger partial charge in [0.25, 0.3) is 0 Å². The van der Waals surface area contributed by atoms with Crippen LogP contribution in [0.3, 0.4) is 0 Å². The van der Waals surface area contributed by atoms with Gasteiger partial charge in [0, 0.05) is 0 Å². The Hall–Kier alpha value is -2.98. The van der Waals surface area contributed by atoms with Gasteiger partial charge in [-0.1, -0.05) is 85.0 Å². The van der Waals surface area contributed by atoms with Crippen LogP contribution in [-0.2, 0) is 24.2 Å². The number of rotatable bonds is 6. The van der Waals surface area contributed by atoms with Crippen molar-refractivity contribution in [2.45, 2.75) is 26.3 Å². The van der Waals surface area contributed by atoms with Crippen LogP contribution in [0.25, 0.3) is 10.2 Å². The van der Waals surface area contributed by atoms with E-state index in [1.54, 1.807) is 11.3 Å². The number of anilines is 1. The number of hydrogen-bond donors (Lipinski definition) is 0. The number of amides is 1. The van der Waals surface area contributed by atoms with Crippen LogP contribution in [0.2, 0.25) is 0 Å². The van der Waals surface area contributed by atoms with E-state index < -0.39 is 0 Å². The molecular formula is C24H22N2OS. The highest BCUT2D eigenvalue weighted by atomic mass is 32.1. The number of aromatic nitrogens is 1. The van der Waals surface area contributed by atoms with Crippen LogP contribution < -0.4 is 4.90 Å². The van der Waals surface area contributed by atoms with E-state index in [-0.39, 0.29) is 5.91 Å². The summed E-state index contributed by atoms with van der Waals surface area (Å²) in [4.78, 5) is 19.8. The second-order valence-corrected chi connectivity index (χ2v) is 7.79. The number of benzene rings is 3. The Kier molecular flexibility index (Phi) is 5.49. The van der Waals surface area contributed by atoms with Crippen molar-refractivity contribution in [3.8, 4) is 0 Å². The molecule has 0 unspecified atom stereocenters. The monoisotopic (exact) mass is 386 g/mol. The highest BCUT2D eigenvalue weighted by Gasteiger charge is 2.20. The lowest BCUT2D eigenvalue weighted by Gasteiger charge is -2.20. The summed E-state index contributed by atoms with van der Waals surface area (Å²) >= 11 is 1.59. The van der Waals surface area contributed by atoms with Crippen molar-refractivity contribution in [2.24, 2.45) is 0 Å². The van der Waals surface area contributed by atoms with Crippen molar-refractivity contribution < 1.29 is 4.79 Å². The SMILES string of the molecule is CCc1ccc2nc(N(Cc3ccccc3)C(=O)Cc3ccccc3)sc2c1. The first-order chi connectivity index (χ1) is 13.7. The van der Waals surface area contributed by atoms with Crippen molar-refractivity contribution in [1.29, 1.82) is 0 Å². The first-order valence-electron chi connectivity index (χ1n) is 9.50. The molecule has 4 rings (SSSR count). The predicted molar refractivity (Wildman–Crippen MR) is 117 cm³/mol. The van der Waals surface area contributed by atoms with Crippen LogP contribution in [0, 0.1) is 0 Å². The molecule has 4 heteroatoms. The molecule has 0 fully saturated rings. The summed E-state index contributed by atoms with van der Waals surface area (Å²) in [6.45, 7) is 2.67. The molecule has 0 N–H and O–H groups in total. The van der Waals surface area contributed by atoms with E-state index in [1.807, 2.05) is 65.6 Å². The van der Waals surface area contributed by atoms with Gasteiger partial charge in [0.2, 0.25) is 5.91 Å². The van der Waals surface area contributed by atoms with Crippen LogP contribution in [0.1, 0.15) is 23.6 Å². The second-order valence-electron chi connectivity index (χ2n) is 6.78. The molecule has 0 bridgehead atoms. The molecule has 3 nitrogen and oxygen atoms in total. The minimum atomic E-state index is 0.0600. The lowest BCUT2D eigenvalue weighted by molar-refractivity contribution is -0.118. The van der Waals surface area contributed by atoms with Crippen molar-refractivity contribution in [3.05, 3.63) is 95.6 Å². The topological polar surface area (TPSA) is 33.2 Å².